The summed E-state index contributed by atoms with van der Waals surface area (Å²) in [7, 11) is 0. The molecule has 0 spiro atoms. The van der Waals surface area contributed by atoms with Crippen molar-refractivity contribution >= 4 is 16.6 Å². The molecule has 0 bridgehead atoms. The van der Waals surface area contributed by atoms with Gasteiger partial charge >= 0.3 is 0 Å². The second-order valence-electron chi connectivity index (χ2n) is 5.42. The summed E-state index contributed by atoms with van der Waals surface area (Å²) in [6.45, 7) is 4.55. The average Bonchev–Trinajstić information content (AvgIpc) is 2.43. The SMILES string of the molecule is CC1CCCC(C)N1Nc1cnnc2ccccc12. The van der Waals surface area contributed by atoms with E-state index < -0.39 is 0 Å². The van der Waals surface area contributed by atoms with Gasteiger partial charge in [-0.2, -0.15) is 10.2 Å². The third kappa shape index (κ3) is 2.40. The highest BCUT2D eigenvalue weighted by Crippen LogP contribution is 2.26. The Bertz CT molecular complexity index is 554. The van der Waals surface area contributed by atoms with Crippen LogP contribution in [0.4, 0.5) is 5.69 Å². The third-order valence-electron chi connectivity index (χ3n) is 3.99. The van der Waals surface area contributed by atoms with Crippen LogP contribution in [0.15, 0.2) is 30.5 Å². The number of hydrazine groups is 1. The zero-order valence-corrected chi connectivity index (χ0v) is 11.5. The van der Waals surface area contributed by atoms with Crippen molar-refractivity contribution in [3.8, 4) is 0 Å². The summed E-state index contributed by atoms with van der Waals surface area (Å²) in [6.07, 6.45) is 5.62. The topological polar surface area (TPSA) is 41.0 Å². The molecule has 0 amide bonds. The van der Waals surface area contributed by atoms with E-state index in [2.05, 4.69) is 40.5 Å². The second kappa shape index (κ2) is 5.13. The van der Waals surface area contributed by atoms with E-state index >= 15 is 0 Å². The van der Waals surface area contributed by atoms with Crippen molar-refractivity contribution in [3.63, 3.8) is 0 Å². The zero-order chi connectivity index (χ0) is 13.2. The number of rotatable bonds is 2. The van der Waals surface area contributed by atoms with Gasteiger partial charge in [0.1, 0.15) is 0 Å². The lowest BCUT2D eigenvalue weighted by molar-refractivity contribution is 0.136. The number of anilines is 1. The molecule has 19 heavy (non-hydrogen) atoms. The first-order chi connectivity index (χ1) is 9.25. The normalized spacial score (nSPS) is 24.5. The van der Waals surface area contributed by atoms with Gasteiger partial charge in [0, 0.05) is 17.5 Å². The number of fused-ring (bicyclic) bond motifs is 1. The fourth-order valence-corrected chi connectivity index (χ4v) is 2.88. The van der Waals surface area contributed by atoms with E-state index in [4.69, 9.17) is 0 Å². The Balaban J connectivity index is 1.92. The van der Waals surface area contributed by atoms with Crippen LogP contribution in [0.25, 0.3) is 10.9 Å². The van der Waals surface area contributed by atoms with Crippen molar-refractivity contribution in [2.45, 2.75) is 45.2 Å². The molecule has 2 heterocycles. The highest BCUT2D eigenvalue weighted by atomic mass is 15.5. The summed E-state index contributed by atoms with van der Waals surface area (Å²) in [4.78, 5) is 0. The second-order valence-corrected chi connectivity index (χ2v) is 5.42. The van der Waals surface area contributed by atoms with Gasteiger partial charge in [0.15, 0.2) is 0 Å². The van der Waals surface area contributed by atoms with Crippen LogP contribution in [-0.4, -0.2) is 27.3 Å². The Hall–Kier alpha value is -1.68. The Morgan fingerprint density at radius 2 is 1.89 bits per heavy atom. The summed E-state index contributed by atoms with van der Waals surface area (Å²) in [5, 5.41) is 11.7. The average molecular weight is 256 g/mol. The van der Waals surface area contributed by atoms with Crippen LogP contribution in [0.5, 0.6) is 0 Å². The predicted molar refractivity (Wildman–Crippen MR) is 77.8 cm³/mol. The van der Waals surface area contributed by atoms with Gasteiger partial charge in [-0.05, 0) is 32.8 Å². The highest BCUT2D eigenvalue weighted by Gasteiger charge is 2.25. The van der Waals surface area contributed by atoms with Crippen LogP contribution >= 0.6 is 0 Å². The Kier molecular flexibility index (Phi) is 3.34. The van der Waals surface area contributed by atoms with Gasteiger partial charge in [0.05, 0.1) is 17.4 Å². The molecule has 2 aromatic rings. The maximum atomic E-state index is 4.16. The largest absolute Gasteiger partial charge is 0.316 e. The molecule has 4 nitrogen and oxygen atoms in total. The monoisotopic (exact) mass is 256 g/mol. The van der Waals surface area contributed by atoms with Crippen LogP contribution in [0.3, 0.4) is 0 Å². The quantitative estimate of drug-likeness (QED) is 0.895. The standard InChI is InChI=1S/C15H20N4/c1-11-6-5-7-12(2)19(11)18-15-10-16-17-14-9-4-3-8-13(14)15/h3-4,8-12H,5-7H2,1-2H3,(H,17,18). The number of nitrogens with one attached hydrogen (secondary N) is 1. The molecule has 0 saturated carbocycles. The van der Waals surface area contributed by atoms with Crippen molar-refractivity contribution < 1.29 is 0 Å². The fraction of sp³-hybridized carbons (Fsp3) is 0.467. The van der Waals surface area contributed by atoms with Crippen LogP contribution in [0, 0.1) is 0 Å². The first kappa shape index (κ1) is 12.4. The Morgan fingerprint density at radius 3 is 2.68 bits per heavy atom. The van der Waals surface area contributed by atoms with Crippen LogP contribution in [-0.2, 0) is 0 Å². The van der Waals surface area contributed by atoms with Crippen molar-refractivity contribution in [3.05, 3.63) is 30.5 Å². The molecule has 1 saturated heterocycles. The zero-order valence-electron chi connectivity index (χ0n) is 11.5. The number of piperidine rings is 1. The molecule has 1 aliphatic heterocycles. The van der Waals surface area contributed by atoms with Gasteiger partial charge in [-0.3, -0.25) is 0 Å². The summed E-state index contributed by atoms with van der Waals surface area (Å²) >= 11 is 0. The molecule has 0 aliphatic carbocycles. The molecular formula is C15H20N4. The first-order valence-corrected chi connectivity index (χ1v) is 7.01. The van der Waals surface area contributed by atoms with Crippen LogP contribution in [0.1, 0.15) is 33.1 Å². The molecule has 1 aromatic carbocycles. The molecule has 2 atom stereocenters. The fourth-order valence-electron chi connectivity index (χ4n) is 2.88. The number of benzene rings is 1. The third-order valence-corrected chi connectivity index (χ3v) is 3.99. The maximum Gasteiger partial charge on any atom is 0.0950 e. The van der Waals surface area contributed by atoms with Crippen molar-refractivity contribution in [1.29, 1.82) is 0 Å². The lowest BCUT2D eigenvalue weighted by atomic mass is 10.00. The van der Waals surface area contributed by atoms with Crippen molar-refractivity contribution in [2.24, 2.45) is 0 Å². The number of hydrogen-bond donors (Lipinski definition) is 1. The van der Waals surface area contributed by atoms with Gasteiger partial charge in [0.25, 0.3) is 0 Å². The lowest BCUT2D eigenvalue weighted by Crippen LogP contribution is -2.47. The minimum Gasteiger partial charge on any atom is -0.316 e. The van der Waals surface area contributed by atoms with Gasteiger partial charge in [-0.25, -0.2) is 5.01 Å². The van der Waals surface area contributed by atoms with E-state index in [1.165, 1.54) is 19.3 Å². The predicted octanol–water partition coefficient (Wildman–Crippen LogP) is 3.22. The van der Waals surface area contributed by atoms with Gasteiger partial charge in [-0.15, -0.1) is 0 Å². The number of hydrogen-bond acceptors (Lipinski definition) is 4. The summed E-state index contributed by atoms with van der Waals surface area (Å²) in [5.74, 6) is 0. The van der Waals surface area contributed by atoms with E-state index in [-0.39, 0.29) is 0 Å². The number of nitrogens with zero attached hydrogens (tertiary/aromatic N) is 3. The molecule has 3 rings (SSSR count). The Labute approximate surface area is 113 Å². The molecule has 1 fully saturated rings. The molecule has 2 unspecified atom stereocenters. The van der Waals surface area contributed by atoms with Crippen LogP contribution in [0.2, 0.25) is 0 Å². The van der Waals surface area contributed by atoms with Gasteiger partial charge in [-0.1, -0.05) is 24.6 Å². The van der Waals surface area contributed by atoms with Gasteiger partial charge < -0.3 is 5.43 Å². The van der Waals surface area contributed by atoms with E-state index in [1.54, 1.807) is 0 Å². The van der Waals surface area contributed by atoms with E-state index in [0.29, 0.717) is 12.1 Å². The van der Waals surface area contributed by atoms with E-state index in [0.717, 1.165) is 16.6 Å². The molecule has 1 aromatic heterocycles. The summed E-state index contributed by atoms with van der Waals surface area (Å²) < 4.78 is 0. The molecule has 4 heteroatoms. The lowest BCUT2D eigenvalue weighted by Gasteiger charge is -2.39. The van der Waals surface area contributed by atoms with Crippen LogP contribution < -0.4 is 5.43 Å². The van der Waals surface area contributed by atoms with E-state index in [1.807, 2.05) is 24.4 Å². The minimum atomic E-state index is 0.552. The molecule has 0 radical (unpaired) electrons. The Morgan fingerprint density at radius 1 is 1.16 bits per heavy atom. The molecule has 100 valence electrons. The minimum absolute atomic E-state index is 0.552. The number of aromatic nitrogens is 2. The maximum absolute atomic E-state index is 4.16. The molecule has 1 aliphatic rings. The van der Waals surface area contributed by atoms with Gasteiger partial charge in [0.2, 0.25) is 0 Å². The molecule has 1 N–H and O–H groups in total. The summed E-state index contributed by atoms with van der Waals surface area (Å²) in [6, 6.07) is 9.22. The van der Waals surface area contributed by atoms with Crippen molar-refractivity contribution in [2.75, 3.05) is 5.43 Å². The molecular weight excluding hydrogens is 236 g/mol. The highest BCUT2D eigenvalue weighted by molar-refractivity contribution is 5.89. The van der Waals surface area contributed by atoms with Crippen molar-refractivity contribution in [1.82, 2.24) is 15.2 Å². The summed E-state index contributed by atoms with van der Waals surface area (Å²) in [5.41, 5.74) is 5.54. The van der Waals surface area contributed by atoms with E-state index in [9.17, 15) is 0 Å². The smallest absolute Gasteiger partial charge is 0.0950 e. The first-order valence-electron chi connectivity index (χ1n) is 7.01.